The second-order valence-electron chi connectivity index (χ2n) is 8.42. The summed E-state index contributed by atoms with van der Waals surface area (Å²) in [5, 5.41) is 0. The smallest absolute Gasteiger partial charge is 0.410 e. The Kier molecular flexibility index (Phi) is 5.04. The minimum absolute atomic E-state index is 0.0212. The lowest BCUT2D eigenvalue weighted by atomic mass is 9.76. The molecular weight excluding hydrogens is 335 g/mol. The lowest BCUT2D eigenvalue weighted by Crippen LogP contribution is -2.56. The van der Waals surface area contributed by atoms with Gasteiger partial charge in [0.2, 0.25) is 0 Å². The van der Waals surface area contributed by atoms with Gasteiger partial charge >= 0.3 is 6.09 Å². The third-order valence-corrected chi connectivity index (χ3v) is 5.22. The van der Waals surface area contributed by atoms with Gasteiger partial charge in [0.15, 0.2) is 5.78 Å². The van der Waals surface area contributed by atoms with E-state index in [4.69, 9.17) is 4.74 Å². The minimum Gasteiger partial charge on any atom is -0.444 e. The predicted octanol–water partition coefficient (Wildman–Crippen LogP) is 4.28. The summed E-state index contributed by atoms with van der Waals surface area (Å²) in [7, 11) is 0. The number of hydrogen-bond donors (Lipinski definition) is 0. The quantitative estimate of drug-likeness (QED) is 0.737. The number of piperidine rings is 2. The molecule has 26 heavy (non-hydrogen) atoms. The zero-order valence-electron chi connectivity index (χ0n) is 15.9. The van der Waals surface area contributed by atoms with Crippen molar-refractivity contribution in [3.63, 3.8) is 0 Å². The molecule has 2 aliphatic heterocycles. The van der Waals surface area contributed by atoms with E-state index in [1.165, 1.54) is 12.1 Å². The van der Waals surface area contributed by atoms with Crippen LogP contribution in [0.2, 0.25) is 0 Å². The van der Waals surface area contributed by atoms with Crippen LogP contribution in [0, 0.1) is 18.7 Å². The number of carbonyl (C=O) groups excluding carboxylic acids is 2. The van der Waals surface area contributed by atoms with Gasteiger partial charge in [-0.15, -0.1) is 0 Å². The van der Waals surface area contributed by atoms with E-state index in [-0.39, 0.29) is 35.6 Å². The Morgan fingerprint density at radius 3 is 2.35 bits per heavy atom. The molecule has 1 aromatic rings. The van der Waals surface area contributed by atoms with Crippen molar-refractivity contribution >= 4 is 11.9 Å². The predicted molar refractivity (Wildman–Crippen MR) is 95.5 cm³/mol. The number of ether oxygens (including phenoxy) is 1. The first-order valence-corrected chi connectivity index (χ1v) is 9.34. The first kappa shape index (κ1) is 18.8. The van der Waals surface area contributed by atoms with Crippen molar-refractivity contribution in [2.24, 2.45) is 5.92 Å². The van der Waals surface area contributed by atoms with Gasteiger partial charge in [-0.05, 0) is 71.9 Å². The van der Waals surface area contributed by atoms with E-state index >= 15 is 0 Å². The Morgan fingerprint density at radius 1 is 1.19 bits per heavy atom. The molecule has 2 aliphatic rings. The molecule has 0 aliphatic carbocycles. The number of pyridine rings is 1. The van der Waals surface area contributed by atoms with E-state index in [0.29, 0.717) is 18.5 Å². The molecule has 6 heteroatoms. The number of amides is 1. The van der Waals surface area contributed by atoms with E-state index < -0.39 is 11.4 Å². The average molecular weight is 362 g/mol. The van der Waals surface area contributed by atoms with Crippen LogP contribution < -0.4 is 0 Å². The number of rotatable bonds is 2. The standard InChI is InChI=1S/C20H27FN2O3/c1-12-16(21)8-9-17(22-12)18(24)13-10-14-6-5-7-15(11-13)23(14)19(25)26-20(2,3)4/h8-9,13-15H,5-7,10-11H2,1-4H3. The van der Waals surface area contributed by atoms with Crippen molar-refractivity contribution in [2.75, 3.05) is 0 Å². The Balaban J connectivity index is 1.75. The van der Waals surface area contributed by atoms with Crippen molar-refractivity contribution in [2.45, 2.75) is 77.5 Å². The van der Waals surface area contributed by atoms with Crippen molar-refractivity contribution in [1.82, 2.24) is 9.88 Å². The Hall–Kier alpha value is -1.98. The van der Waals surface area contributed by atoms with Crippen LogP contribution in [0.4, 0.5) is 9.18 Å². The minimum atomic E-state index is -0.534. The second-order valence-corrected chi connectivity index (χ2v) is 8.42. The molecule has 0 radical (unpaired) electrons. The van der Waals surface area contributed by atoms with Gasteiger partial charge in [-0.25, -0.2) is 14.2 Å². The maximum absolute atomic E-state index is 13.4. The van der Waals surface area contributed by atoms with E-state index in [0.717, 1.165) is 19.3 Å². The van der Waals surface area contributed by atoms with Gasteiger partial charge in [0, 0.05) is 18.0 Å². The molecule has 5 nitrogen and oxygen atoms in total. The monoisotopic (exact) mass is 362 g/mol. The summed E-state index contributed by atoms with van der Waals surface area (Å²) in [6, 6.07) is 2.80. The van der Waals surface area contributed by atoms with Crippen molar-refractivity contribution in [1.29, 1.82) is 0 Å². The fourth-order valence-electron chi connectivity index (χ4n) is 4.10. The summed E-state index contributed by atoms with van der Waals surface area (Å²) in [6.45, 7) is 7.14. The molecule has 1 amide bonds. The highest BCUT2D eigenvalue weighted by Gasteiger charge is 2.44. The second kappa shape index (κ2) is 6.97. The van der Waals surface area contributed by atoms with E-state index in [1.807, 2.05) is 25.7 Å². The van der Waals surface area contributed by atoms with Crippen LogP contribution in [0.3, 0.4) is 0 Å². The number of fused-ring (bicyclic) bond motifs is 2. The number of halogens is 1. The lowest BCUT2D eigenvalue weighted by molar-refractivity contribution is -0.0261. The molecule has 2 saturated heterocycles. The fraction of sp³-hybridized carbons (Fsp3) is 0.650. The summed E-state index contributed by atoms with van der Waals surface area (Å²) in [5.41, 5.74) is 0.0214. The Labute approximate surface area is 153 Å². The van der Waals surface area contributed by atoms with E-state index in [2.05, 4.69) is 4.98 Å². The first-order chi connectivity index (χ1) is 12.2. The van der Waals surface area contributed by atoms with Crippen LogP contribution in [-0.4, -0.2) is 39.4 Å². The van der Waals surface area contributed by atoms with Crippen LogP contribution in [0.1, 0.15) is 69.1 Å². The molecular formula is C20H27FN2O3. The molecule has 3 heterocycles. The SMILES string of the molecule is Cc1nc(C(=O)C2CC3CCCC(C2)N3C(=O)OC(C)(C)C)ccc1F. The van der Waals surface area contributed by atoms with Gasteiger partial charge in [0.1, 0.15) is 17.1 Å². The largest absolute Gasteiger partial charge is 0.444 e. The molecule has 2 unspecified atom stereocenters. The zero-order valence-corrected chi connectivity index (χ0v) is 15.9. The first-order valence-electron chi connectivity index (χ1n) is 9.34. The van der Waals surface area contributed by atoms with Gasteiger partial charge in [-0.1, -0.05) is 0 Å². The number of ketones is 1. The maximum Gasteiger partial charge on any atom is 0.410 e. The van der Waals surface area contributed by atoms with Crippen LogP contribution in [0.15, 0.2) is 12.1 Å². The van der Waals surface area contributed by atoms with Crippen LogP contribution >= 0.6 is 0 Å². The molecule has 0 aromatic carbocycles. The fourth-order valence-corrected chi connectivity index (χ4v) is 4.10. The lowest BCUT2D eigenvalue weighted by Gasteiger charge is -2.48. The Morgan fingerprint density at radius 2 is 1.81 bits per heavy atom. The zero-order chi connectivity index (χ0) is 19.1. The van der Waals surface area contributed by atoms with E-state index in [1.54, 1.807) is 6.92 Å². The number of Topliss-reactive ketones (excluding diaryl/α,β-unsaturated/α-hetero) is 1. The summed E-state index contributed by atoms with van der Waals surface area (Å²) >= 11 is 0. The highest BCUT2D eigenvalue weighted by Crippen LogP contribution is 2.39. The van der Waals surface area contributed by atoms with Crippen molar-refractivity contribution in [3.8, 4) is 0 Å². The number of carbonyl (C=O) groups is 2. The van der Waals surface area contributed by atoms with Crippen molar-refractivity contribution < 1.29 is 18.7 Å². The normalized spacial score (nSPS) is 25.7. The molecule has 2 fully saturated rings. The molecule has 2 bridgehead atoms. The van der Waals surface area contributed by atoms with Gasteiger partial charge in [-0.2, -0.15) is 0 Å². The van der Waals surface area contributed by atoms with Gasteiger partial charge in [-0.3, -0.25) is 4.79 Å². The topological polar surface area (TPSA) is 59.5 Å². The molecule has 142 valence electrons. The molecule has 3 rings (SSSR count). The van der Waals surface area contributed by atoms with Crippen LogP contribution in [-0.2, 0) is 4.74 Å². The summed E-state index contributed by atoms with van der Waals surface area (Å²) < 4.78 is 19.0. The van der Waals surface area contributed by atoms with Crippen LogP contribution in [0.25, 0.3) is 0 Å². The molecule has 0 saturated carbocycles. The summed E-state index contributed by atoms with van der Waals surface area (Å²) in [4.78, 5) is 31.5. The van der Waals surface area contributed by atoms with Gasteiger partial charge in [0.25, 0.3) is 0 Å². The summed E-state index contributed by atoms with van der Waals surface area (Å²) in [6.07, 6.45) is 3.78. The third-order valence-electron chi connectivity index (χ3n) is 5.22. The Bertz CT molecular complexity index is 699. The van der Waals surface area contributed by atoms with Crippen molar-refractivity contribution in [3.05, 3.63) is 29.3 Å². The van der Waals surface area contributed by atoms with Crippen LogP contribution in [0.5, 0.6) is 0 Å². The molecule has 0 spiro atoms. The third kappa shape index (κ3) is 3.89. The average Bonchev–Trinajstić information content (AvgIpc) is 2.54. The maximum atomic E-state index is 13.4. The number of hydrogen-bond acceptors (Lipinski definition) is 4. The summed E-state index contributed by atoms with van der Waals surface area (Å²) in [5.74, 6) is -0.631. The van der Waals surface area contributed by atoms with Gasteiger partial charge < -0.3 is 9.64 Å². The number of aromatic nitrogens is 1. The van der Waals surface area contributed by atoms with E-state index in [9.17, 15) is 14.0 Å². The highest BCUT2D eigenvalue weighted by atomic mass is 19.1. The number of aryl methyl sites for hydroxylation is 1. The van der Waals surface area contributed by atoms with Gasteiger partial charge in [0.05, 0.1) is 5.69 Å². The molecule has 0 N–H and O–H groups in total. The molecule has 1 aromatic heterocycles. The molecule has 2 atom stereocenters. The highest BCUT2D eigenvalue weighted by molar-refractivity contribution is 5.96. The number of nitrogens with zero attached hydrogens (tertiary/aromatic N) is 2.